The first-order valence-electron chi connectivity index (χ1n) is 6.07. The monoisotopic (exact) mass is 263 g/mol. The second kappa shape index (κ2) is 5.19. The van der Waals surface area contributed by atoms with E-state index < -0.39 is 5.91 Å². The van der Waals surface area contributed by atoms with Crippen LogP contribution in [0.4, 0.5) is 0 Å². The van der Waals surface area contributed by atoms with Crippen LogP contribution in [0.3, 0.4) is 0 Å². The quantitative estimate of drug-likeness (QED) is 0.822. The van der Waals surface area contributed by atoms with Crippen molar-refractivity contribution in [3.8, 4) is 0 Å². The van der Waals surface area contributed by atoms with Gasteiger partial charge in [0.1, 0.15) is 0 Å². The smallest absolute Gasteiger partial charge is 0.293 e. The summed E-state index contributed by atoms with van der Waals surface area (Å²) in [7, 11) is 0. The van der Waals surface area contributed by atoms with Gasteiger partial charge < -0.3 is 19.7 Å². The van der Waals surface area contributed by atoms with Gasteiger partial charge in [0.2, 0.25) is 5.89 Å². The SMILES string of the molecule is O=C(NCc1ccno1)c1noc(C2CCCN2)n1. The van der Waals surface area contributed by atoms with Crippen LogP contribution in [0.5, 0.6) is 0 Å². The van der Waals surface area contributed by atoms with Crippen LogP contribution in [0.2, 0.25) is 0 Å². The minimum absolute atomic E-state index is 0.0308. The van der Waals surface area contributed by atoms with E-state index in [1.807, 2.05) is 0 Å². The number of carbonyl (C=O) groups is 1. The Kier molecular flexibility index (Phi) is 3.23. The molecule has 3 rings (SSSR count). The highest BCUT2D eigenvalue weighted by Crippen LogP contribution is 2.20. The molecule has 1 atom stereocenters. The van der Waals surface area contributed by atoms with Crippen LogP contribution in [-0.2, 0) is 6.54 Å². The summed E-state index contributed by atoms with van der Waals surface area (Å²) in [6, 6.07) is 1.73. The Hall–Kier alpha value is -2.22. The van der Waals surface area contributed by atoms with E-state index >= 15 is 0 Å². The zero-order chi connectivity index (χ0) is 13.1. The molecule has 0 saturated carbocycles. The Morgan fingerprint density at radius 3 is 3.21 bits per heavy atom. The maximum atomic E-state index is 11.8. The normalized spacial score (nSPS) is 18.6. The van der Waals surface area contributed by atoms with Gasteiger partial charge in [0.05, 0.1) is 18.8 Å². The van der Waals surface area contributed by atoms with Gasteiger partial charge in [0.15, 0.2) is 5.76 Å². The number of nitrogens with one attached hydrogen (secondary N) is 2. The second-order valence-corrected chi connectivity index (χ2v) is 4.27. The van der Waals surface area contributed by atoms with Gasteiger partial charge in [-0.05, 0) is 19.4 Å². The van der Waals surface area contributed by atoms with E-state index in [2.05, 4.69) is 25.9 Å². The zero-order valence-corrected chi connectivity index (χ0v) is 10.1. The predicted octanol–water partition coefficient (Wildman–Crippen LogP) is 0.412. The number of aromatic nitrogens is 3. The third-order valence-electron chi connectivity index (χ3n) is 2.92. The summed E-state index contributed by atoms with van der Waals surface area (Å²) in [5, 5.41) is 13.1. The number of carbonyl (C=O) groups excluding carboxylic acids is 1. The van der Waals surface area contributed by atoms with Crippen molar-refractivity contribution in [1.82, 2.24) is 25.9 Å². The maximum absolute atomic E-state index is 11.8. The molecule has 1 fully saturated rings. The fraction of sp³-hybridized carbons (Fsp3) is 0.455. The highest BCUT2D eigenvalue weighted by molar-refractivity contribution is 5.90. The van der Waals surface area contributed by atoms with Crippen molar-refractivity contribution in [3.63, 3.8) is 0 Å². The molecule has 0 aromatic carbocycles. The van der Waals surface area contributed by atoms with E-state index in [0.717, 1.165) is 19.4 Å². The van der Waals surface area contributed by atoms with Crippen molar-refractivity contribution in [2.75, 3.05) is 6.54 Å². The average Bonchev–Trinajstić information content (AvgIpc) is 3.14. The molecule has 2 N–H and O–H groups in total. The third kappa shape index (κ3) is 2.63. The number of hydrogen-bond acceptors (Lipinski definition) is 7. The van der Waals surface area contributed by atoms with Crippen LogP contribution in [0.25, 0.3) is 0 Å². The lowest BCUT2D eigenvalue weighted by Gasteiger charge is -2.01. The van der Waals surface area contributed by atoms with Gasteiger partial charge >= 0.3 is 0 Å². The van der Waals surface area contributed by atoms with Crippen molar-refractivity contribution >= 4 is 5.91 Å². The van der Waals surface area contributed by atoms with E-state index in [1.165, 1.54) is 6.20 Å². The minimum atomic E-state index is -0.399. The Balaban J connectivity index is 1.60. The summed E-state index contributed by atoms with van der Waals surface area (Å²) in [4.78, 5) is 15.9. The molecule has 0 aliphatic carbocycles. The molecule has 1 saturated heterocycles. The fourth-order valence-corrected chi connectivity index (χ4v) is 1.94. The molecule has 3 heterocycles. The minimum Gasteiger partial charge on any atom is -0.360 e. The topological polar surface area (TPSA) is 106 Å². The second-order valence-electron chi connectivity index (χ2n) is 4.27. The van der Waals surface area contributed by atoms with E-state index in [9.17, 15) is 4.79 Å². The molecule has 0 radical (unpaired) electrons. The summed E-state index contributed by atoms with van der Waals surface area (Å²) >= 11 is 0. The van der Waals surface area contributed by atoms with Crippen molar-refractivity contribution in [2.45, 2.75) is 25.4 Å². The summed E-state index contributed by atoms with van der Waals surface area (Å²) in [5.74, 6) is 0.657. The van der Waals surface area contributed by atoms with E-state index in [0.29, 0.717) is 11.7 Å². The molecule has 8 nitrogen and oxygen atoms in total. The molecule has 0 spiro atoms. The number of hydrogen-bond donors (Lipinski definition) is 2. The van der Waals surface area contributed by atoms with E-state index in [1.54, 1.807) is 6.07 Å². The van der Waals surface area contributed by atoms with Crippen molar-refractivity contribution < 1.29 is 13.8 Å². The molecule has 100 valence electrons. The van der Waals surface area contributed by atoms with Gasteiger partial charge in [-0.3, -0.25) is 4.79 Å². The molecule has 2 aromatic rings. The first kappa shape index (κ1) is 11.8. The van der Waals surface area contributed by atoms with Crippen LogP contribution in [-0.4, -0.2) is 27.7 Å². The lowest BCUT2D eigenvalue weighted by atomic mass is 10.2. The number of rotatable bonds is 4. The first-order valence-corrected chi connectivity index (χ1v) is 6.07. The number of amides is 1. The largest absolute Gasteiger partial charge is 0.360 e. The third-order valence-corrected chi connectivity index (χ3v) is 2.92. The molecule has 2 aromatic heterocycles. The van der Waals surface area contributed by atoms with Crippen LogP contribution in [0.15, 0.2) is 21.3 Å². The molecule has 1 aliphatic rings. The Labute approximate surface area is 108 Å². The van der Waals surface area contributed by atoms with Crippen molar-refractivity contribution in [3.05, 3.63) is 29.7 Å². The molecule has 1 unspecified atom stereocenters. The van der Waals surface area contributed by atoms with E-state index in [4.69, 9.17) is 9.05 Å². The molecule has 19 heavy (non-hydrogen) atoms. The Bertz CT molecular complexity index is 544. The standard InChI is InChI=1S/C11H13N5O3/c17-10(13-6-7-3-5-14-18-7)9-15-11(19-16-9)8-2-1-4-12-8/h3,5,8,12H,1-2,4,6H2,(H,13,17). The average molecular weight is 263 g/mol. The first-order chi connectivity index (χ1) is 9.33. The van der Waals surface area contributed by atoms with Gasteiger partial charge in [-0.1, -0.05) is 10.3 Å². The van der Waals surface area contributed by atoms with Crippen LogP contribution < -0.4 is 10.6 Å². The predicted molar refractivity (Wildman–Crippen MR) is 61.9 cm³/mol. The molecular weight excluding hydrogens is 250 g/mol. The summed E-state index contributed by atoms with van der Waals surface area (Å²) in [6.45, 7) is 1.17. The lowest BCUT2D eigenvalue weighted by molar-refractivity contribution is 0.0933. The van der Waals surface area contributed by atoms with Crippen molar-refractivity contribution in [2.24, 2.45) is 0 Å². The van der Waals surface area contributed by atoms with Crippen molar-refractivity contribution in [1.29, 1.82) is 0 Å². The molecular formula is C11H13N5O3. The fourth-order valence-electron chi connectivity index (χ4n) is 1.94. The maximum Gasteiger partial charge on any atom is 0.293 e. The molecule has 1 amide bonds. The zero-order valence-electron chi connectivity index (χ0n) is 10.1. The molecule has 8 heteroatoms. The molecule has 0 bridgehead atoms. The van der Waals surface area contributed by atoms with Gasteiger partial charge in [-0.15, -0.1) is 0 Å². The van der Waals surface area contributed by atoms with Gasteiger partial charge in [-0.25, -0.2) is 0 Å². The van der Waals surface area contributed by atoms with Gasteiger partial charge in [0.25, 0.3) is 11.7 Å². The number of nitrogens with zero attached hydrogens (tertiary/aromatic N) is 3. The lowest BCUT2D eigenvalue weighted by Crippen LogP contribution is -2.24. The van der Waals surface area contributed by atoms with Gasteiger partial charge in [0, 0.05) is 6.07 Å². The van der Waals surface area contributed by atoms with Crippen LogP contribution in [0, 0.1) is 0 Å². The summed E-state index contributed by atoms with van der Waals surface area (Å²) in [6.07, 6.45) is 3.53. The summed E-state index contributed by atoms with van der Waals surface area (Å²) < 4.78 is 9.95. The molecule has 1 aliphatic heterocycles. The van der Waals surface area contributed by atoms with Gasteiger partial charge in [-0.2, -0.15) is 4.98 Å². The Morgan fingerprint density at radius 1 is 1.53 bits per heavy atom. The van der Waals surface area contributed by atoms with Crippen LogP contribution in [0.1, 0.15) is 41.2 Å². The Morgan fingerprint density at radius 2 is 2.47 bits per heavy atom. The highest BCUT2D eigenvalue weighted by Gasteiger charge is 2.24. The van der Waals surface area contributed by atoms with E-state index in [-0.39, 0.29) is 18.4 Å². The summed E-state index contributed by atoms with van der Waals surface area (Å²) in [5.41, 5.74) is 0. The highest BCUT2D eigenvalue weighted by atomic mass is 16.5. The van der Waals surface area contributed by atoms with Crippen LogP contribution >= 0.6 is 0 Å².